The molecule has 0 bridgehead atoms. The summed E-state index contributed by atoms with van der Waals surface area (Å²) in [5.41, 5.74) is 0. The molecule has 2 fully saturated rings. The van der Waals surface area contributed by atoms with Crippen molar-refractivity contribution < 1.29 is 9.59 Å². The maximum Gasteiger partial charge on any atom is 0.245 e. The highest BCUT2D eigenvalue weighted by molar-refractivity contribution is 5.90. The standard InChI is InChI=1S/C17H30N2O2/c1-12(2)9-10-19-13(3)11-15(20)18-16(17(19)21)14-7-5-4-6-8-14/h12-14,16H,4-11H2,1-3H3,(H,18,20). The smallest absolute Gasteiger partial charge is 0.245 e. The van der Waals surface area contributed by atoms with Gasteiger partial charge in [0.1, 0.15) is 6.04 Å². The maximum atomic E-state index is 12.9. The van der Waals surface area contributed by atoms with Crippen LogP contribution in [-0.2, 0) is 9.59 Å². The Hall–Kier alpha value is -1.06. The number of nitrogens with one attached hydrogen (secondary N) is 1. The van der Waals surface area contributed by atoms with Crippen LogP contribution >= 0.6 is 0 Å². The van der Waals surface area contributed by atoms with E-state index in [9.17, 15) is 9.59 Å². The fourth-order valence-corrected chi connectivity index (χ4v) is 3.58. The molecule has 0 aromatic heterocycles. The predicted molar refractivity (Wildman–Crippen MR) is 83.8 cm³/mol. The molecular formula is C17H30N2O2. The van der Waals surface area contributed by atoms with Gasteiger partial charge in [0.05, 0.1) is 0 Å². The van der Waals surface area contributed by atoms with Crippen molar-refractivity contribution in [3.8, 4) is 0 Å². The van der Waals surface area contributed by atoms with Gasteiger partial charge in [-0.15, -0.1) is 0 Å². The van der Waals surface area contributed by atoms with Crippen LogP contribution in [0.3, 0.4) is 0 Å². The van der Waals surface area contributed by atoms with Crippen molar-refractivity contribution in [3.05, 3.63) is 0 Å². The van der Waals surface area contributed by atoms with Crippen molar-refractivity contribution in [1.29, 1.82) is 0 Å². The lowest BCUT2D eigenvalue weighted by atomic mass is 9.83. The van der Waals surface area contributed by atoms with E-state index in [1.807, 2.05) is 11.8 Å². The number of rotatable bonds is 4. The van der Waals surface area contributed by atoms with E-state index < -0.39 is 0 Å². The number of hydrogen-bond acceptors (Lipinski definition) is 2. The summed E-state index contributed by atoms with van der Waals surface area (Å²) in [6.45, 7) is 7.13. The zero-order valence-corrected chi connectivity index (χ0v) is 13.7. The molecule has 0 aromatic carbocycles. The van der Waals surface area contributed by atoms with Gasteiger partial charge in [-0.25, -0.2) is 0 Å². The first kappa shape index (κ1) is 16.3. The minimum atomic E-state index is -0.282. The highest BCUT2D eigenvalue weighted by atomic mass is 16.2. The molecule has 1 heterocycles. The summed E-state index contributed by atoms with van der Waals surface area (Å²) < 4.78 is 0. The zero-order valence-electron chi connectivity index (χ0n) is 13.7. The monoisotopic (exact) mass is 294 g/mol. The van der Waals surface area contributed by atoms with Gasteiger partial charge in [-0.2, -0.15) is 0 Å². The highest BCUT2D eigenvalue weighted by Gasteiger charge is 2.38. The average Bonchev–Trinajstić information content (AvgIpc) is 2.54. The molecule has 1 saturated carbocycles. The van der Waals surface area contributed by atoms with Gasteiger partial charge in [0, 0.05) is 19.0 Å². The molecule has 0 spiro atoms. The Labute approximate surface area is 128 Å². The predicted octanol–water partition coefficient (Wildman–Crippen LogP) is 2.72. The van der Waals surface area contributed by atoms with Gasteiger partial charge < -0.3 is 10.2 Å². The first-order valence-electron chi connectivity index (χ1n) is 8.59. The Morgan fingerprint density at radius 3 is 2.48 bits per heavy atom. The quantitative estimate of drug-likeness (QED) is 0.866. The van der Waals surface area contributed by atoms with E-state index >= 15 is 0 Å². The lowest BCUT2D eigenvalue weighted by Crippen LogP contribution is -2.50. The van der Waals surface area contributed by atoms with Crippen LogP contribution in [-0.4, -0.2) is 35.3 Å². The second-order valence-corrected chi connectivity index (χ2v) is 7.21. The van der Waals surface area contributed by atoms with Gasteiger partial charge in [-0.1, -0.05) is 33.1 Å². The number of amides is 2. The van der Waals surface area contributed by atoms with Crippen LogP contribution < -0.4 is 5.32 Å². The summed E-state index contributed by atoms with van der Waals surface area (Å²) in [7, 11) is 0. The molecule has 2 aliphatic rings. The summed E-state index contributed by atoms with van der Waals surface area (Å²) >= 11 is 0. The van der Waals surface area contributed by atoms with E-state index in [2.05, 4.69) is 19.2 Å². The van der Waals surface area contributed by atoms with Gasteiger partial charge in [0.2, 0.25) is 11.8 Å². The van der Waals surface area contributed by atoms with E-state index in [-0.39, 0.29) is 23.9 Å². The van der Waals surface area contributed by atoms with Crippen LogP contribution in [0.5, 0.6) is 0 Å². The normalized spacial score (nSPS) is 28.7. The minimum absolute atomic E-state index is 0.0184. The van der Waals surface area contributed by atoms with Crippen LogP contribution in [0.2, 0.25) is 0 Å². The molecule has 21 heavy (non-hydrogen) atoms. The first-order valence-corrected chi connectivity index (χ1v) is 8.59. The molecule has 4 heteroatoms. The summed E-state index contributed by atoms with van der Waals surface area (Å²) in [6.07, 6.45) is 7.22. The van der Waals surface area contributed by atoms with Gasteiger partial charge in [-0.05, 0) is 38.0 Å². The zero-order chi connectivity index (χ0) is 15.4. The van der Waals surface area contributed by atoms with Crippen LogP contribution in [0.4, 0.5) is 0 Å². The van der Waals surface area contributed by atoms with E-state index in [4.69, 9.17) is 0 Å². The Morgan fingerprint density at radius 1 is 1.19 bits per heavy atom. The largest absolute Gasteiger partial charge is 0.344 e. The van der Waals surface area contributed by atoms with Gasteiger partial charge in [-0.3, -0.25) is 9.59 Å². The van der Waals surface area contributed by atoms with Crippen molar-refractivity contribution in [3.63, 3.8) is 0 Å². The lowest BCUT2D eigenvalue weighted by Gasteiger charge is -2.33. The second kappa shape index (κ2) is 7.28. The molecule has 120 valence electrons. The van der Waals surface area contributed by atoms with Crippen molar-refractivity contribution in [2.24, 2.45) is 11.8 Å². The molecule has 1 aliphatic carbocycles. The second-order valence-electron chi connectivity index (χ2n) is 7.21. The third kappa shape index (κ3) is 4.21. The molecule has 4 nitrogen and oxygen atoms in total. The van der Waals surface area contributed by atoms with E-state index in [0.29, 0.717) is 18.3 Å². The molecule has 1 aliphatic heterocycles. The van der Waals surface area contributed by atoms with Crippen LogP contribution in [0.1, 0.15) is 65.7 Å². The Balaban J connectivity index is 2.11. The molecule has 1 saturated heterocycles. The van der Waals surface area contributed by atoms with E-state index in [1.165, 1.54) is 19.3 Å². The Bertz CT molecular complexity index is 375. The summed E-state index contributed by atoms with van der Waals surface area (Å²) in [4.78, 5) is 27.0. The molecule has 2 rings (SSSR count). The first-order chi connectivity index (χ1) is 9.99. The third-order valence-electron chi connectivity index (χ3n) is 4.95. The fourth-order valence-electron chi connectivity index (χ4n) is 3.58. The van der Waals surface area contributed by atoms with Crippen molar-refractivity contribution in [2.45, 2.75) is 77.8 Å². The molecule has 2 amide bonds. The topological polar surface area (TPSA) is 49.4 Å². The Kier molecular flexibility index (Phi) is 5.65. The van der Waals surface area contributed by atoms with Gasteiger partial charge >= 0.3 is 0 Å². The number of carbonyl (C=O) groups is 2. The molecule has 0 aromatic rings. The van der Waals surface area contributed by atoms with Crippen LogP contribution in [0.25, 0.3) is 0 Å². The average molecular weight is 294 g/mol. The minimum Gasteiger partial charge on any atom is -0.344 e. The fraction of sp³-hybridized carbons (Fsp3) is 0.882. The summed E-state index contributed by atoms with van der Waals surface area (Å²) in [6, 6.07) is -0.264. The van der Waals surface area contributed by atoms with Crippen molar-refractivity contribution >= 4 is 11.8 Å². The molecule has 2 unspecified atom stereocenters. The van der Waals surface area contributed by atoms with E-state index in [1.54, 1.807) is 0 Å². The van der Waals surface area contributed by atoms with Crippen LogP contribution in [0, 0.1) is 11.8 Å². The molecule has 1 N–H and O–H groups in total. The maximum absolute atomic E-state index is 12.9. The SMILES string of the molecule is CC(C)CCN1C(=O)C(C2CCCCC2)NC(=O)CC1C. The lowest BCUT2D eigenvalue weighted by molar-refractivity contribution is -0.136. The molecule has 0 radical (unpaired) electrons. The van der Waals surface area contributed by atoms with Crippen molar-refractivity contribution in [1.82, 2.24) is 10.2 Å². The van der Waals surface area contributed by atoms with Gasteiger partial charge in [0.15, 0.2) is 0 Å². The molecular weight excluding hydrogens is 264 g/mol. The Morgan fingerprint density at radius 2 is 1.86 bits per heavy atom. The number of nitrogens with zero attached hydrogens (tertiary/aromatic N) is 1. The number of hydrogen-bond donors (Lipinski definition) is 1. The van der Waals surface area contributed by atoms with Gasteiger partial charge in [0.25, 0.3) is 0 Å². The van der Waals surface area contributed by atoms with Crippen molar-refractivity contribution in [2.75, 3.05) is 6.54 Å². The molecule has 2 atom stereocenters. The van der Waals surface area contributed by atoms with Crippen LogP contribution in [0.15, 0.2) is 0 Å². The highest BCUT2D eigenvalue weighted by Crippen LogP contribution is 2.29. The summed E-state index contributed by atoms with van der Waals surface area (Å²) in [5.74, 6) is 1.10. The summed E-state index contributed by atoms with van der Waals surface area (Å²) in [5, 5.41) is 3.02. The van der Waals surface area contributed by atoms with E-state index in [0.717, 1.165) is 25.8 Å². The third-order valence-corrected chi connectivity index (χ3v) is 4.95. The number of carbonyl (C=O) groups excluding carboxylic acids is 2.